The van der Waals surface area contributed by atoms with Crippen molar-refractivity contribution in [3.05, 3.63) is 29.3 Å². The molecule has 1 aliphatic rings. The average Bonchev–Trinajstić information content (AvgIpc) is 2.76. The van der Waals surface area contributed by atoms with E-state index >= 15 is 0 Å². The Morgan fingerprint density at radius 3 is 2.36 bits per heavy atom. The van der Waals surface area contributed by atoms with Gasteiger partial charge in [0.1, 0.15) is 23.4 Å². The van der Waals surface area contributed by atoms with E-state index in [0.29, 0.717) is 9.33 Å². The lowest BCUT2D eigenvalue weighted by atomic mass is 10.2. The number of hydrogen-bond donors (Lipinski definition) is 1. The minimum Gasteiger partial charge on any atom is -0.458 e. The molecule has 2 atom stereocenters. The number of halogens is 1. The van der Waals surface area contributed by atoms with Crippen LogP contribution in [0.2, 0.25) is 5.02 Å². The van der Waals surface area contributed by atoms with Gasteiger partial charge in [-0.1, -0.05) is 11.6 Å². The molecule has 1 fully saturated rings. The van der Waals surface area contributed by atoms with Crippen LogP contribution in [-0.4, -0.2) is 54.1 Å². The van der Waals surface area contributed by atoms with E-state index in [2.05, 4.69) is 5.32 Å². The SMILES string of the molecule is CC(C(=O)OC(C)(C)C)N1C(=O)C(NC(=O)Oc2ccc(Cl)cc2)CS1(=O)=O. The van der Waals surface area contributed by atoms with Gasteiger partial charge in [-0.05, 0) is 52.0 Å². The maximum Gasteiger partial charge on any atom is 0.413 e. The predicted molar refractivity (Wildman–Crippen MR) is 100 cm³/mol. The molecule has 0 saturated carbocycles. The average molecular weight is 433 g/mol. The van der Waals surface area contributed by atoms with E-state index < -0.39 is 51.4 Å². The maximum atomic E-state index is 12.5. The molecule has 1 aromatic rings. The second-order valence-corrected chi connectivity index (χ2v) is 9.49. The summed E-state index contributed by atoms with van der Waals surface area (Å²) in [6.07, 6.45) is -1.01. The van der Waals surface area contributed by atoms with Crippen molar-refractivity contribution in [3.8, 4) is 5.75 Å². The summed E-state index contributed by atoms with van der Waals surface area (Å²) in [7, 11) is -4.11. The molecule has 0 spiro atoms. The number of carbonyl (C=O) groups excluding carboxylic acids is 3. The normalized spacial score (nSPS) is 19.8. The molecule has 9 nitrogen and oxygen atoms in total. The molecular weight excluding hydrogens is 412 g/mol. The van der Waals surface area contributed by atoms with Gasteiger partial charge in [0.05, 0.1) is 5.75 Å². The molecule has 0 aliphatic carbocycles. The largest absolute Gasteiger partial charge is 0.458 e. The highest BCUT2D eigenvalue weighted by Gasteiger charge is 2.49. The molecule has 1 saturated heterocycles. The van der Waals surface area contributed by atoms with Gasteiger partial charge in [-0.15, -0.1) is 0 Å². The maximum absolute atomic E-state index is 12.5. The Hall–Kier alpha value is -2.33. The molecule has 2 amide bonds. The van der Waals surface area contributed by atoms with Crippen molar-refractivity contribution in [2.24, 2.45) is 0 Å². The molecule has 154 valence electrons. The van der Waals surface area contributed by atoms with E-state index in [1.807, 2.05) is 0 Å². The fraction of sp³-hybridized carbons (Fsp3) is 0.471. The topological polar surface area (TPSA) is 119 Å². The number of ether oxygens (including phenoxy) is 2. The molecule has 1 N–H and O–H groups in total. The molecule has 0 radical (unpaired) electrons. The minimum atomic E-state index is -4.11. The lowest BCUT2D eigenvalue weighted by Crippen LogP contribution is -2.49. The number of sulfonamides is 1. The number of hydrogen-bond acceptors (Lipinski definition) is 7. The van der Waals surface area contributed by atoms with Crippen molar-refractivity contribution >= 4 is 39.6 Å². The number of carbonyl (C=O) groups is 3. The lowest BCUT2D eigenvalue weighted by molar-refractivity contribution is -0.161. The molecule has 1 aliphatic heterocycles. The Kier molecular flexibility index (Phi) is 6.24. The summed E-state index contributed by atoms with van der Waals surface area (Å²) in [5.74, 6) is -2.33. The van der Waals surface area contributed by atoms with Crippen molar-refractivity contribution in [1.29, 1.82) is 0 Å². The summed E-state index contributed by atoms with van der Waals surface area (Å²) in [5.41, 5.74) is -0.849. The van der Waals surface area contributed by atoms with Crippen LogP contribution in [0, 0.1) is 0 Å². The van der Waals surface area contributed by atoms with Gasteiger partial charge in [-0.2, -0.15) is 0 Å². The Labute approximate surface area is 168 Å². The quantitative estimate of drug-likeness (QED) is 0.719. The van der Waals surface area contributed by atoms with E-state index in [-0.39, 0.29) is 5.75 Å². The van der Waals surface area contributed by atoms with Gasteiger partial charge in [-0.25, -0.2) is 22.3 Å². The van der Waals surface area contributed by atoms with Crippen LogP contribution in [0.5, 0.6) is 5.75 Å². The highest BCUT2D eigenvalue weighted by Crippen LogP contribution is 2.22. The summed E-state index contributed by atoms with van der Waals surface area (Å²) < 4.78 is 35.3. The van der Waals surface area contributed by atoms with Crippen molar-refractivity contribution in [3.63, 3.8) is 0 Å². The van der Waals surface area contributed by atoms with Gasteiger partial charge in [0.2, 0.25) is 10.0 Å². The zero-order valence-corrected chi connectivity index (χ0v) is 17.3. The van der Waals surface area contributed by atoms with Gasteiger partial charge >= 0.3 is 12.1 Å². The van der Waals surface area contributed by atoms with Crippen LogP contribution >= 0.6 is 11.6 Å². The molecule has 2 rings (SSSR count). The zero-order chi connectivity index (χ0) is 21.3. The van der Waals surface area contributed by atoms with Crippen LogP contribution < -0.4 is 10.1 Å². The van der Waals surface area contributed by atoms with E-state index in [0.717, 1.165) is 0 Å². The van der Waals surface area contributed by atoms with Crippen LogP contribution in [0.3, 0.4) is 0 Å². The summed E-state index contributed by atoms with van der Waals surface area (Å²) >= 11 is 5.74. The van der Waals surface area contributed by atoms with Gasteiger partial charge < -0.3 is 14.8 Å². The highest BCUT2D eigenvalue weighted by molar-refractivity contribution is 7.90. The molecule has 1 aromatic carbocycles. The van der Waals surface area contributed by atoms with E-state index in [9.17, 15) is 22.8 Å². The van der Waals surface area contributed by atoms with E-state index in [1.54, 1.807) is 20.8 Å². The second kappa shape index (κ2) is 7.96. The minimum absolute atomic E-state index is 0.161. The lowest BCUT2D eigenvalue weighted by Gasteiger charge is -2.26. The van der Waals surface area contributed by atoms with Crippen LogP contribution in [0.1, 0.15) is 27.7 Å². The first-order valence-electron chi connectivity index (χ1n) is 8.33. The fourth-order valence-electron chi connectivity index (χ4n) is 2.45. The number of nitrogens with zero attached hydrogens (tertiary/aromatic N) is 1. The zero-order valence-electron chi connectivity index (χ0n) is 15.8. The van der Waals surface area contributed by atoms with Crippen LogP contribution in [0.4, 0.5) is 4.79 Å². The first kappa shape index (κ1) is 22.0. The highest BCUT2D eigenvalue weighted by atomic mass is 35.5. The van der Waals surface area contributed by atoms with Crippen molar-refractivity contribution in [2.45, 2.75) is 45.4 Å². The third kappa shape index (κ3) is 5.35. The molecule has 28 heavy (non-hydrogen) atoms. The van der Waals surface area contributed by atoms with Crippen molar-refractivity contribution in [2.75, 3.05) is 5.75 Å². The molecular formula is C17H21ClN2O7S. The van der Waals surface area contributed by atoms with Gasteiger partial charge in [0.15, 0.2) is 0 Å². The Morgan fingerprint density at radius 1 is 1.25 bits per heavy atom. The van der Waals surface area contributed by atoms with Crippen molar-refractivity contribution in [1.82, 2.24) is 9.62 Å². The standard InChI is InChI=1S/C17H21ClN2O7S/c1-10(15(22)27-17(2,3)4)20-14(21)13(9-28(20,24)25)19-16(23)26-12-7-5-11(18)6-8-12/h5-8,10,13H,9H2,1-4H3,(H,19,23). The fourth-order valence-corrected chi connectivity index (χ4v) is 4.36. The van der Waals surface area contributed by atoms with Gasteiger partial charge in [-0.3, -0.25) is 4.79 Å². The Morgan fingerprint density at radius 2 is 1.82 bits per heavy atom. The molecule has 2 unspecified atom stereocenters. The second-order valence-electron chi connectivity index (χ2n) is 7.16. The summed E-state index contributed by atoms with van der Waals surface area (Å²) in [6.45, 7) is 6.11. The van der Waals surface area contributed by atoms with Gasteiger partial charge in [0, 0.05) is 5.02 Å². The summed E-state index contributed by atoms with van der Waals surface area (Å²) in [5, 5.41) is 2.64. The van der Waals surface area contributed by atoms with E-state index in [1.165, 1.54) is 31.2 Å². The number of amides is 2. The number of benzene rings is 1. The molecule has 0 bridgehead atoms. The Bertz CT molecular complexity index is 878. The number of nitrogens with one attached hydrogen (secondary N) is 1. The number of esters is 1. The molecule has 0 aromatic heterocycles. The smallest absolute Gasteiger partial charge is 0.413 e. The van der Waals surface area contributed by atoms with Gasteiger partial charge in [0.25, 0.3) is 5.91 Å². The van der Waals surface area contributed by atoms with Crippen LogP contribution in [0.15, 0.2) is 24.3 Å². The van der Waals surface area contributed by atoms with Crippen LogP contribution in [-0.2, 0) is 24.3 Å². The monoisotopic (exact) mass is 432 g/mol. The summed E-state index contributed by atoms with van der Waals surface area (Å²) in [4.78, 5) is 36.7. The summed E-state index contributed by atoms with van der Waals surface area (Å²) in [6, 6.07) is 3.13. The van der Waals surface area contributed by atoms with E-state index in [4.69, 9.17) is 21.1 Å². The third-order valence-corrected chi connectivity index (χ3v) is 5.71. The predicted octanol–water partition coefficient (Wildman–Crippen LogP) is 1.70. The molecule has 11 heteroatoms. The number of rotatable bonds is 4. The third-order valence-electron chi connectivity index (χ3n) is 3.61. The first-order valence-corrected chi connectivity index (χ1v) is 10.3. The Balaban J connectivity index is 2.08. The molecule has 1 heterocycles. The first-order chi connectivity index (χ1) is 12.8. The van der Waals surface area contributed by atoms with Crippen LogP contribution in [0.25, 0.3) is 0 Å². The van der Waals surface area contributed by atoms with Crippen molar-refractivity contribution < 1.29 is 32.3 Å².